The number of hydrogen-bond acceptors (Lipinski definition) is 6. The van der Waals surface area contributed by atoms with Crippen molar-refractivity contribution in [2.45, 2.75) is 19.4 Å². The molecular formula is C29H25ClN4O5. The van der Waals surface area contributed by atoms with Crippen LogP contribution in [0.4, 0.5) is 5.69 Å². The summed E-state index contributed by atoms with van der Waals surface area (Å²) in [5.74, 6) is -1.02. The number of Topliss-reactive ketones (excluding diaryl/α,β-unsaturated/α-hetero) is 1. The molecule has 2 heterocycles. The van der Waals surface area contributed by atoms with Crippen LogP contribution in [-0.4, -0.2) is 34.3 Å². The van der Waals surface area contributed by atoms with Crippen LogP contribution in [0.25, 0.3) is 11.1 Å². The Hall–Kier alpha value is -4.76. The van der Waals surface area contributed by atoms with Crippen molar-refractivity contribution in [1.82, 2.24) is 9.55 Å². The van der Waals surface area contributed by atoms with Gasteiger partial charge in [-0.2, -0.15) is 0 Å². The van der Waals surface area contributed by atoms with E-state index in [1.54, 1.807) is 54.7 Å². The Balaban J connectivity index is 1.79. The van der Waals surface area contributed by atoms with Crippen molar-refractivity contribution in [3.8, 4) is 16.9 Å². The number of carbonyl (C=O) groups excluding carboxylic acids is 3. The lowest BCUT2D eigenvalue weighted by molar-refractivity contribution is -0.119. The summed E-state index contributed by atoms with van der Waals surface area (Å²) in [5, 5.41) is 3.17. The molecule has 0 saturated heterocycles. The first-order valence-electron chi connectivity index (χ1n) is 11.9. The minimum atomic E-state index is -1.02. The highest BCUT2D eigenvalue weighted by Crippen LogP contribution is 2.34. The molecule has 2 amide bonds. The summed E-state index contributed by atoms with van der Waals surface area (Å²) in [4.78, 5) is 55.0. The number of carbonyl (C=O) groups is 3. The summed E-state index contributed by atoms with van der Waals surface area (Å²) in [6, 6.07) is 16.4. The van der Waals surface area contributed by atoms with Crippen molar-refractivity contribution in [2.75, 3.05) is 12.4 Å². The van der Waals surface area contributed by atoms with Crippen molar-refractivity contribution in [3.05, 3.63) is 111 Å². The molecule has 39 heavy (non-hydrogen) atoms. The van der Waals surface area contributed by atoms with Gasteiger partial charge in [-0.3, -0.25) is 28.7 Å². The number of halogens is 1. The minimum Gasteiger partial charge on any atom is -0.495 e. The van der Waals surface area contributed by atoms with Crippen LogP contribution in [0, 0.1) is 0 Å². The summed E-state index contributed by atoms with van der Waals surface area (Å²) in [6.07, 6.45) is 3.14. The van der Waals surface area contributed by atoms with Crippen LogP contribution < -0.4 is 21.3 Å². The van der Waals surface area contributed by atoms with E-state index in [-0.39, 0.29) is 18.0 Å². The molecule has 2 aromatic carbocycles. The molecule has 0 saturated carbocycles. The fourth-order valence-electron chi connectivity index (χ4n) is 4.17. The fourth-order valence-corrected chi connectivity index (χ4v) is 4.34. The molecule has 3 N–H and O–H groups in total. The lowest BCUT2D eigenvalue weighted by Crippen LogP contribution is -2.34. The van der Waals surface area contributed by atoms with E-state index in [4.69, 9.17) is 22.1 Å². The highest BCUT2D eigenvalue weighted by Gasteiger charge is 2.25. The van der Waals surface area contributed by atoms with Gasteiger partial charge in [-0.15, -0.1) is 0 Å². The Labute approximate surface area is 229 Å². The third-order valence-corrected chi connectivity index (χ3v) is 6.35. The van der Waals surface area contributed by atoms with Crippen LogP contribution in [0.15, 0.2) is 83.9 Å². The Morgan fingerprint density at radius 2 is 1.79 bits per heavy atom. The zero-order valence-electron chi connectivity index (χ0n) is 21.2. The third-order valence-electron chi connectivity index (χ3n) is 6.12. The van der Waals surface area contributed by atoms with Crippen molar-refractivity contribution in [3.63, 3.8) is 0 Å². The summed E-state index contributed by atoms with van der Waals surface area (Å²) in [6.45, 7) is 1.42. The normalized spacial score (nSPS) is 11.5. The summed E-state index contributed by atoms with van der Waals surface area (Å²) >= 11 is 6.20. The Bertz CT molecular complexity index is 1600. The molecule has 1 atom stereocenters. The number of benzene rings is 2. The molecule has 0 bridgehead atoms. The first-order chi connectivity index (χ1) is 18.7. The van der Waals surface area contributed by atoms with Crippen LogP contribution in [0.5, 0.6) is 5.75 Å². The Kier molecular flexibility index (Phi) is 8.21. The number of nitrogens with zero attached hydrogens (tertiary/aromatic N) is 2. The smallest absolute Gasteiger partial charge is 0.252 e. The molecule has 0 aliphatic heterocycles. The van der Waals surface area contributed by atoms with Gasteiger partial charge >= 0.3 is 0 Å². The number of ketones is 1. The predicted molar refractivity (Wildman–Crippen MR) is 148 cm³/mol. The van der Waals surface area contributed by atoms with Gasteiger partial charge in [0.25, 0.3) is 5.56 Å². The number of primary amides is 1. The number of amides is 2. The average molecular weight is 545 g/mol. The van der Waals surface area contributed by atoms with Gasteiger partial charge in [0.15, 0.2) is 5.78 Å². The molecule has 2 aromatic heterocycles. The molecule has 1 unspecified atom stereocenters. The number of pyridine rings is 2. The lowest BCUT2D eigenvalue weighted by atomic mass is 9.97. The monoisotopic (exact) mass is 544 g/mol. The first-order valence-corrected chi connectivity index (χ1v) is 12.3. The summed E-state index contributed by atoms with van der Waals surface area (Å²) in [7, 11) is 1.43. The quantitative estimate of drug-likeness (QED) is 0.302. The number of methoxy groups -OCH3 is 1. The maximum absolute atomic E-state index is 13.5. The zero-order chi connectivity index (χ0) is 28.1. The van der Waals surface area contributed by atoms with Crippen LogP contribution in [0.1, 0.15) is 39.4 Å². The van der Waals surface area contributed by atoms with Gasteiger partial charge in [-0.25, -0.2) is 0 Å². The van der Waals surface area contributed by atoms with E-state index in [0.717, 1.165) is 0 Å². The molecular weight excluding hydrogens is 520 g/mol. The SMILES string of the molecule is COc1cn(C(Cc2ccccn2)C(=O)Nc2ccc(C(N)=O)cc2)c(=O)cc1-c1cc(Cl)ccc1C(C)=O. The van der Waals surface area contributed by atoms with Gasteiger partial charge in [-0.1, -0.05) is 17.7 Å². The van der Waals surface area contributed by atoms with E-state index < -0.39 is 23.4 Å². The van der Waals surface area contributed by atoms with Crippen LogP contribution in [0.3, 0.4) is 0 Å². The maximum Gasteiger partial charge on any atom is 0.252 e. The van der Waals surface area contributed by atoms with Crippen LogP contribution >= 0.6 is 11.6 Å². The zero-order valence-corrected chi connectivity index (χ0v) is 21.9. The van der Waals surface area contributed by atoms with Gasteiger partial charge < -0.3 is 15.8 Å². The number of anilines is 1. The molecule has 198 valence electrons. The highest BCUT2D eigenvalue weighted by atomic mass is 35.5. The number of nitrogens with one attached hydrogen (secondary N) is 1. The Morgan fingerprint density at radius 1 is 1.05 bits per heavy atom. The Morgan fingerprint density at radius 3 is 2.41 bits per heavy atom. The largest absolute Gasteiger partial charge is 0.495 e. The fraction of sp³-hybridized carbons (Fsp3) is 0.138. The molecule has 4 aromatic rings. The minimum absolute atomic E-state index is 0.101. The van der Waals surface area contributed by atoms with Gasteiger partial charge in [0.05, 0.1) is 13.3 Å². The molecule has 0 fully saturated rings. The molecule has 0 spiro atoms. The number of aromatic nitrogens is 2. The van der Waals surface area contributed by atoms with Gasteiger partial charge in [0.1, 0.15) is 11.8 Å². The van der Waals surface area contributed by atoms with E-state index in [1.807, 2.05) is 0 Å². The van der Waals surface area contributed by atoms with Crippen LogP contribution in [-0.2, 0) is 11.2 Å². The number of nitrogens with two attached hydrogens (primary N) is 1. The molecule has 0 radical (unpaired) electrons. The second kappa shape index (κ2) is 11.7. The number of rotatable bonds is 9. The van der Waals surface area contributed by atoms with Crippen LogP contribution in [0.2, 0.25) is 5.02 Å². The van der Waals surface area contributed by atoms with E-state index in [9.17, 15) is 19.2 Å². The van der Waals surface area contributed by atoms with Gasteiger partial charge in [0, 0.05) is 51.8 Å². The number of hydrogen-bond donors (Lipinski definition) is 2. The molecule has 9 nitrogen and oxygen atoms in total. The van der Waals surface area contributed by atoms with E-state index >= 15 is 0 Å². The summed E-state index contributed by atoms with van der Waals surface area (Å²) in [5.41, 5.74) is 7.27. The molecule has 10 heteroatoms. The maximum atomic E-state index is 13.5. The average Bonchev–Trinajstić information content (AvgIpc) is 2.92. The van der Waals surface area contributed by atoms with E-state index in [0.29, 0.717) is 38.7 Å². The molecule has 0 aliphatic carbocycles. The molecule has 0 aliphatic rings. The van der Waals surface area contributed by atoms with Crippen molar-refractivity contribution in [2.24, 2.45) is 5.73 Å². The van der Waals surface area contributed by atoms with Crippen molar-refractivity contribution < 1.29 is 19.1 Å². The predicted octanol–water partition coefficient (Wildman–Crippen LogP) is 4.30. The summed E-state index contributed by atoms with van der Waals surface area (Å²) < 4.78 is 6.86. The topological polar surface area (TPSA) is 133 Å². The highest BCUT2D eigenvalue weighted by molar-refractivity contribution is 6.31. The van der Waals surface area contributed by atoms with Gasteiger partial charge in [-0.05, 0) is 67.1 Å². The molecule has 4 rings (SSSR count). The van der Waals surface area contributed by atoms with Gasteiger partial charge in [0.2, 0.25) is 11.8 Å². The number of ether oxygens (including phenoxy) is 1. The first kappa shape index (κ1) is 27.3. The van der Waals surface area contributed by atoms with Crippen molar-refractivity contribution in [1.29, 1.82) is 0 Å². The van der Waals surface area contributed by atoms with E-state index in [1.165, 1.54) is 43.0 Å². The third kappa shape index (κ3) is 6.22. The van der Waals surface area contributed by atoms with Crippen molar-refractivity contribution >= 4 is 34.9 Å². The second-order valence-corrected chi connectivity index (χ2v) is 9.16. The second-order valence-electron chi connectivity index (χ2n) is 8.72. The standard InChI is InChI=1S/C29H25ClN4O5/c1-17(35)22-11-8-19(30)13-23(22)24-15-27(36)34(16-26(24)39-2)25(14-21-5-3-4-12-32-21)29(38)33-20-9-6-18(7-10-20)28(31)37/h3-13,15-16,25H,14H2,1-2H3,(H2,31,37)(H,33,38). The lowest BCUT2D eigenvalue weighted by Gasteiger charge is -2.21. The van der Waals surface area contributed by atoms with E-state index in [2.05, 4.69) is 10.3 Å².